The van der Waals surface area contributed by atoms with Crippen molar-refractivity contribution in [2.75, 3.05) is 32.7 Å². The van der Waals surface area contributed by atoms with E-state index in [-0.39, 0.29) is 23.5 Å². The number of carbonyl (C=O) groups is 1. The fourth-order valence-corrected chi connectivity index (χ4v) is 5.49. The van der Waals surface area contributed by atoms with Crippen LogP contribution in [0, 0.1) is 0 Å². The average molecular weight is 521 g/mol. The van der Waals surface area contributed by atoms with E-state index in [0.29, 0.717) is 26.9 Å². The van der Waals surface area contributed by atoms with Crippen molar-refractivity contribution in [3.63, 3.8) is 0 Å². The normalized spacial score (nSPS) is 17.8. The largest absolute Gasteiger partial charge is 0.493 e. The van der Waals surface area contributed by atoms with Crippen LogP contribution in [0.25, 0.3) is 22.3 Å². The third-order valence-corrected chi connectivity index (χ3v) is 7.74. The maximum Gasteiger partial charge on any atom is 0.326 e. The predicted octanol–water partition coefficient (Wildman–Crippen LogP) is 0.958. The monoisotopic (exact) mass is 520 g/mol. The van der Waals surface area contributed by atoms with Crippen LogP contribution in [0.4, 0.5) is 0 Å². The molecule has 1 saturated carbocycles. The molecule has 11 nitrogen and oxygen atoms in total. The molecule has 2 aliphatic rings. The Hall–Kier alpha value is -3.77. The zero-order valence-electron chi connectivity index (χ0n) is 20.5. The van der Waals surface area contributed by atoms with Gasteiger partial charge < -0.3 is 15.0 Å². The van der Waals surface area contributed by atoms with Crippen molar-refractivity contribution in [3.8, 4) is 16.5 Å². The number of thiophene rings is 1. The molecule has 0 radical (unpaired) electrons. The lowest BCUT2D eigenvalue weighted by molar-refractivity contribution is 0.0642. The fraction of sp³-hybridized carbons (Fsp3) is 0.400. The number of aromatic amines is 2. The number of carbonyl (C=O) groups excluding carboxylic acids is 1. The lowest BCUT2D eigenvalue weighted by atomic mass is 10.2. The average Bonchev–Trinajstić information content (AvgIpc) is 3.26. The Kier molecular flexibility index (Phi) is 6.13. The summed E-state index contributed by atoms with van der Waals surface area (Å²) in [7, 11) is 0. The molecule has 1 aliphatic carbocycles. The molecule has 192 valence electrons. The van der Waals surface area contributed by atoms with Crippen LogP contribution in [0.1, 0.15) is 41.6 Å². The number of hydrogen-bond acceptors (Lipinski definition) is 8. The second-order valence-electron chi connectivity index (χ2n) is 9.48. The molecule has 4 aromatic heterocycles. The number of nitrogens with zero attached hydrogens (tertiary/aromatic N) is 6. The summed E-state index contributed by atoms with van der Waals surface area (Å²) in [6, 6.07) is 5.98. The number of fused-ring (bicyclic) bond motifs is 1. The summed E-state index contributed by atoms with van der Waals surface area (Å²) in [5.74, 6) is -0.193. The summed E-state index contributed by atoms with van der Waals surface area (Å²) in [4.78, 5) is 45.2. The van der Waals surface area contributed by atoms with Crippen LogP contribution < -0.4 is 16.4 Å². The predicted molar refractivity (Wildman–Crippen MR) is 139 cm³/mol. The van der Waals surface area contributed by atoms with E-state index in [4.69, 9.17) is 9.98 Å². The first kappa shape index (κ1) is 23.6. The lowest BCUT2D eigenvalue weighted by Crippen LogP contribution is -2.48. The Morgan fingerprint density at radius 1 is 1.24 bits per heavy atom. The maximum absolute atomic E-state index is 13.2. The number of aromatic nitrogens is 5. The van der Waals surface area contributed by atoms with Crippen molar-refractivity contribution in [1.29, 1.82) is 0 Å². The summed E-state index contributed by atoms with van der Waals surface area (Å²) < 4.78 is 1.67. The molecule has 1 saturated heterocycles. The molecule has 0 atom stereocenters. The van der Waals surface area contributed by atoms with E-state index in [2.05, 4.69) is 26.9 Å². The number of H-pyrrole nitrogens is 2. The summed E-state index contributed by atoms with van der Waals surface area (Å²) >= 11 is 1.43. The first-order valence-corrected chi connectivity index (χ1v) is 13.4. The van der Waals surface area contributed by atoms with Gasteiger partial charge in [0.15, 0.2) is 11.1 Å². The topological polar surface area (TPSA) is 135 Å². The molecule has 4 aromatic rings. The number of imidazole rings is 1. The van der Waals surface area contributed by atoms with Crippen molar-refractivity contribution >= 4 is 29.0 Å². The van der Waals surface area contributed by atoms with Gasteiger partial charge in [-0.2, -0.15) is 9.61 Å². The van der Waals surface area contributed by atoms with Crippen LogP contribution >= 0.6 is 11.3 Å². The Balaban J connectivity index is 1.36. The number of aromatic hydroxyl groups is 1. The smallest absolute Gasteiger partial charge is 0.326 e. The van der Waals surface area contributed by atoms with Gasteiger partial charge in [0.25, 0.3) is 5.91 Å². The molecule has 0 spiro atoms. The van der Waals surface area contributed by atoms with Crippen molar-refractivity contribution in [2.24, 2.45) is 4.99 Å². The lowest BCUT2D eigenvalue weighted by Gasteiger charge is -2.34. The van der Waals surface area contributed by atoms with E-state index >= 15 is 0 Å². The molecule has 2 fully saturated rings. The van der Waals surface area contributed by atoms with Gasteiger partial charge in [-0.15, -0.1) is 11.3 Å². The van der Waals surface area contributed by atoms with E-state index in [9.17, 15) is 14.7 Å². The van der Waals surface area contributed by atoms with Crippen LogP contribution in [-0.4, -0.2) is 84.1 Å². The van der Waals surface area contributed by atoms with Gasteiger partial charge in [0.2, 0.25) is 5.88 Å². The summed E-state index contributed by atoms with van der Waals surface area (Å²) in [5, 5.41) is 15.1. The third-order valence-electron chi connectivity index (χ3n) is 6.65. The van der Waals surface area contributed by atoms with Gasteiger partial charge in [-0.3, -0.25) is 19.7 Å². The number of amides is 1. The standard InChI is InChI=1S/C25H28N8O3S/c1-2-7-31-8-10-32(11-9-31)24(35)20-6-5-19(37-20)17-13-21(27-16-3-4-16)33-22(28-17)15(14-26-33)12-18-23(34)30-25(36)29-18/h5-6,12-14,16,34H,2-4,7-11H2,1H3,(H2,29,30,36)/b15-12+,27-21?. The molecule has 12 heteroatoms. The molecule has 3 N–H and O–H groups in total. The minimum absolute atomic E-state index is 0.0571. The van der Waals surface area contributed by atoms with E-state index in [0.717, 1.165) is 56.9 Å². The highest BCUT2D eigenvalue weighted by atomic mass is 32.1. The molecule has 0 unspecified atom stereocenters. The molecule has 5 heterocycles. The van der Waals surface area contributed by atoms with Gasteiger partial charge in [-0.25, -0.2) is 9.78 Å². The number of nitrogens with one attached hydrogen (secondary N) is 2. The fourth-order valence-electron chi connectivity index (χ4n) is 4.56. The highest BCUT2D eigenvalue weighted by Crippen LogP contribution is 2.28. The second-order valence-corrected chi connectivity index (χ2v) is 10.6. The summed E-state index contributed by atoms with van der Waals surface area (Å²) in [6.07, 6.45) is 6.46. The Morgan fingerprint density at radius 3 is 2.76 bits per heavy atom. The Labute approximate surface area is 215 Å². The molecule has 0 aromatic carbocycles. The van der Waals surface area contributed by atoms with E-state index in [1.54, 1.807) is 16.8 Å². The van der Waals surface area contributed by atoms with Crippen LogP contribution in [0.3, 0.4) is 0 Å². The number of hydrogen-bond donors (Lipinski definition) is 3. The van der Waals surface area contributed by atoms with Crippen LogP contribution in [-0.2, 0) is 0 Å². The van der Waals surface area contributed by atoms with Crippen LogP contribution in [0.15, 0.2) is 34.2 Å². The van der Waals surface area contributed by atoms with Gasteiger partial charge in [0, 0.05) is 37.5 Å². The van der Waals surface area contributed by atoms with Gasteiger partial charge in [0.05, 0.1) is 27.7 Å². The zero-order chi connectivity index (χ0) is 25.5. The summed E-state index contributed by atoms with van der Waals surface area (Å²) in [6.45, 7) is 6.54. The molecule has 6 rings (SSSR count). The van der Waals surface area contributed by atoms with E-state index in [1.807, 2.05) is 23.1 Å². The molecule has 37 heavy (non-hydrogen) atoms. The van der Waals surface area contributed by atoms with Crippen molar-refractivity contribution in [1.82, 2.24) is 34.4 Å². The Morgan fingerprint density at radius 2 is 2.05 bits per heavy atom. The van der Waals surface area contributed by atoms with E-state index in [1.165, 1.54) is 11.3 Å². The first-order valence-electron chi connectivity index (χ1n) is 12.6. The molecule has 1 aliphatic heterocycles. The van der Waals surface area contributed by atoms with Crippen molar-refractivity contribution < 1.29 is 9.90 Å². The molecule has 0 bridgehead atoms. The minimum Gasteiger partial charge on any atom is -0.493 e. The van der Waals surface area contributed by atoms with Crippen LogP contribution in [0.2, 0.25) is 0 Å². The molecular weight excluding hydrogens is 492 g/mol. The van der Waals surface area contributed by atoms with Crippen LogP contribution in [0.5, 0.6) is 5.88 Å². The van der Waals surface area contributed by atoms with Gasteiger partial charge in [-0.1, -0.05) is 6.92 Å². The van der Waals surface area contributed by atoms with Crippen molar-refractivity contribution in [2.45, 2.75) is 32.2 Å². The molecule has 1 amide bonds. The third kappa shape index (κ3) is 4.81. The first-order chi connectivity index (χ1) is 18.0. The highest BCUT2D eigenvalue weighted by Gasteiger charge is 2.24. The molecular formula is C25H28N8O3S. The highest BCUT2D eigenvalue weighted by molar-refractivity contribution is 7.17. The number of rotatable bonds is 6. The zero-order valence-corrected chi connectivity index (χ0v) is 21.3. The SMILES string of the molecule is CCCN1CCN(C(=O)c2ccc(-c3cc(=NC4CC4)n4nc/c(=C\c5[nH]c(=O)[nH]c5O)c4n3)s2)CC1. The van der Waals surface area contributed by atoms with Gasteiger partial charge >= 0.3 is 5.69 Å². The quantitative estimate of drug-likeness (QED) is 0.347. The second kappa shape index (κ2) is 9.60. The summed E-state index contributed by atoms with van der Waals surface area (Å²) in [5.41, 5.74) is 1.68. The number of piperazine rings is 1. The minimum atomic E-state index is -0.499. The Bertz CT molecular complexity index is 1640. The van der Waals surface area contributed by atoms with Gasteiger partial charge in [0.1, 0.15) is 5.69 Å². The van der Waals surface area contributed by atoms with E-state index < -0.39 is 5.69 Å². The van der Waals surface area contributed by atoms with Gasteiger partial charge in [-0.05, 0) is 44.0 Å². The van der Waals surface area contributed by atoms with Crippen molar-refractivity contribution in [3.05, 3.63) is 56.2 Å². The maximum atomic E-state index is 13.2.